The van der Waals surface area contributed by atoms with Gasteiger partial charge in [-0.1, -0.05) is 151 Å². The lowest BCUT2D eigenvalue weighted by Crippen LogP contribution is -2.40. The van der Waals surface area contributed by atoms with Gasteiger partial charge in [-0.25, -0.2) is 36.2 Å². The first-order valence-electron chi connectivity index (χ1n) is 22.0. The first-order valence-corrected chi connectivity index (χ1v) is 26.8. The molecular weight excluding hydrogens is 996 g/mol. The molecule has 12 nitrogen and oxygen atoms in total. The van der Waals surface area contributed by atoms with Crippen molar-refractivity contribution in [2.24, 2.45) is 0 Å². The summed E-state index contributed by atoms with van der Waals surface area (Å²) in [5, 5.41) is 1.34. The Labute approximate surface area is 415 Å². The number of aromatic nitrogens is 4. The van der Waals surface area contributed by atoms with E-state index in [4.69, 9.17) is 23.2 Å². The molecule has 0 amide bonds. The van der Waals surface area contributed by atoms with Crippen molar-refractivity contribution in [3.63, 3.8) is 0 Å². The van der Waals surface area contributed by atoms with Crippen LogP contribution in [-0.2, 0) is 44.8 Å². The van der Waals surface area contributed by atoms with Crippen LogP contribution in [0.2, 0.25) is 10.3 Å². The number of alkyl halides is 1. The van der Waals surface area contributed by atoms with Crippen LogP contribution in [0.1, 0.15) is 125 Å². The third kappa shape index (κ3) is 16.3. The Hall–Kier alpha value is -4.48. The molecule has 3 N–H and O–H groups in total. The molecule has 6 rings (SSSR count). The molecule has 2 heterocycles. The van der Waals surface area contributed by atoms with Crippen molar-refractivity contribution in [3.8, 4) is 22.3 Å². The molecule has 0 radical (unpaired) electrons. The number of hydrogen-bond acceptors (Lipinski definition) is 8. The van der Waals surface area contributed by atoms with E-state index in [2.05, 4.69) is 54.2 Å². The van der Waals surface area contributed by atoms with Crippen molar-refractivity contribution in [1.82, 2.24) is 29.0 Å². The van der Waals surface area contributed by atoms with E-state index in [1.807, 2.05) is 113 Å². The molecule has 0 aliphatic heterocycles. The van der Waals surface area contributed by atoms with E-state index in [0.29, 0.717) is 45.4 Å². The minimum atomic E-state index is -3.69. The smallest absolute Gasteiger partial charge is 0.241 e. The Morgan fingerprint density at radius 2 is 1.12 bits per heavy atom. The highest BCUT2D eigenvalue weighted by Crippen LogP contribution is 2.30. The topological polar surface area (TPSA) is 173 Å². The molecular formula is C50H61BrCl2N6O6S2. The van der Waals surface area contributed by atoms with Crippen LogP contribution in [0, 0.1) is 0 Å². The second-order valence-electron chi connectivity index (χ2n) is 17.8. The van der Waals surface area contributed by atoms with Gasteiger partial charge in [-0.05, 0) is 88.8 Å². The van der Waals surface area contributed by atoms with Gasteiger partial charge in [0, 0.05) is 46.9 Å². The molecule has 0 fully saturated rings. The van der Waals surface area contributed by atoms with Gasteiger partial charge < -0.3 is 9.55 Å². The maximum atomic E-state index is 13.0. The zero-order valence-corrected chi connectivity index (χ0v) is 44.0. The highest BCUT2D eigenvalue weighted by molar-refractivity contribution is 9.08. The van der Waals surface area contributed by atoms with Crippen LogP contribution in [0.4, 0.5) is 0 Å². The molecule has 0 spiro atoms. The molecule has 0 saturated heterocycles. The van der Waals surface area contributed by atoms with Gasteiger partial charge in [-0.2, -0.15) is 0 Å². The van der Waals surface area contributed by atoms with Crippen molar-refractivity contribution in [3.05, 3.63) is 142 Å². The number of aryl methyl sites for hydroxylation is 2. The van der Waals surface area contributed by atoms with Gasteiger partial charge in [0.1, 0.15) is 28.2 Å². The number of nitrogens with zero attached hydrogens (tertiary/aromatic N) is 3. The number of imidazole rings is 2. The third-order valence-electron chi connectivity index (χ3n) is 9.78. The zero-order valence-electron chi connectivity index (χ0n) is 39.3. The number of hydrogen-bond donors (Lipinski definition) is 3. The quantitative estimate of drug-likeness (QED) is 0.0598. The van der Waals surface area contributed by atoms with E-state index in [1.54, 1.807) is 30.3 Å². The van der Waals surface area contributed by atoms with E-state index < -0.39 is 31.1 Å². The number of unbranched alkanes of at least 4 members (excludes halogenated alkanes) is 2. The number of aldehydes is 2. The largest absolute Gasteiger partial charge is 0.332 e. The molecule has 0 aliphatic carbocycles. The maximum absolute atomic E-state index is 13.0. The second kappa shape index (κ2) is 24.7. The third-order valence-corrected chi connectivity index (χ3v) is 14.6. The summed E-state index contributed by atoms with van der Waals surface area (Å²) in [6.07, 6.45) is 7.13. The monoisotopic (exact) mass is 1050 g/mol. The van der Waals surface area contributed by atoms with Crippen molar-refractivity contribution in [2.75, 3.05) is 0 Å². The number of carbonyl (C=O) groups excluding carboxylic acids is 2. The second-order valence-corrected chi connectivity index (χ2v) is 22.4. The number of H-pyrrole nitrogens is 1. The molecule has 0 saturated carbocycles. The summed E-state index contributed by atoms with van der Waals surface area (Å²) in [6, 6.07) is 29.6. The normalized spacial score (nSPS) is 11.9. The lowest BCUT2D eigenvalue weighted by atomic mass is 10.0. The number of benzene rings is 4. The van der Waals surface area contributed by atoms with Gasteiger partial charge in [0.2, 0.25) is 20.0 Å². The van der Waals surface area contributed by atoms with Crippen molar-refractivity contribution in [2.45, 2.75) is 127 Å². The van der Waals surface area contributed by atoms with Crippen molar-refractivity contribution in [1.29, 1.82) is 0 Å². The fourth-order valence-corrected chi connectivity index (χ4v) is 10.9. The summed E-state index contributed by atoms with van der Waals surface area (Å²) in [4.78, 5) is 33.7. The van der Waals surface area contributed by atoms with Crippen molar-refractivity contribution < 1.29 is 26.4 Å². The molecule has 360 valence electrons. The predicted molar refractivity (Wildman–Crippen MR) is 274 cm³/mol. The van der Waals surface area contributed by atoms with Gasteiger partial charge in [-0.3, -0.25) is 9.59 Å². The van der Waals surface area contributed by atoms with Gasteiger partial charge in [-0.15, -0.1) is 0 Å². The van der Waals surface area contributed by atoms with Crippen LogP contribution in [0.25, 0.3) is 22.3 Å². The Morgan fingerprint density at radius 1 is 0.657 bits per heavy atom. The number of aromatic amines is 1. The van der Waals surface area contributed by atoms with E-state index in [-0.39, 0.29) is 10.0 Å². The zero-order chi connectivity index (χ0) is 49.6. The number of nitrogens with one attached hydrogen (secondary N) is 3. The lowest BCUT2D eigenvalue weighted by Gasteiger charge is -2.21. The number of carbonyl (C=O) groups is 2. The summed E-state index contributed by atoms with van der Waals surface area (Å²) < 4.78 is 58.5. The molecule has 17 heteroatoms. The summed E-state index contributed by atoms with van der Waals surface area (Å²) >= 11 is 15.3. The average molecular weight is 1060 g/mol. The van der Waals surface area contributed by atoms with Crippen LogP contribution in [0.15, 0.2) is 107 Å². The molecule has 0 atom stereocenters. The van der Waals surface area contributed by atoms with Gasteiger partial charge in [0.05, 0.1) is 9.79 Å². The first kappa shape index (κ1) is 55.1. The van der Waals surface area contributed by atoms with E-state index >= 15 is 0 Å². The average Bonchev–Trinajstić information content (AvgIpc) is 3.79. The Morgan fingerprint density at radius 3 is 1.54 bits per heavy atom. The van der Waals surface area contributed by atoms with Gasteiger partial charge in [0.15, 0.2) is 17.7 Å². The van der Waals surface area contributed by atoms with E-state index in [1.165, 1.54) is 0 Å². The fraction of sp³-hybridized carbons (Fsp3) is 0.360. The summed E-state index contributed by atoms with van der Waals surface area (Å²) in [5.74, 6) is 1.58. The molecule has 0 unspecified atom stereocenters. The minimum Gasteiger partial charge on any atom is -0.332 e. The summed E-state index contributed by atoms with van der Waals surface area (Å²) in [5.41, 5.74) is 4.69. The molecule has 0 aliphatic rings. The number of rotatable bonds is 17. The fourth-order valence-electron chi connectivity index (χ4n) is 6.79. The SMILES string of the molecule is CC(C)(C)NS(=O)(=O)c1ccccc1-c1ccc(CBr)cc1.CCCCc1nc(C=O)c(Cl)[nH]1.CCCCc1nc(Cl)c(C=O)n1Cc1ccc(-c2ccccc2S(=O)(=O)NC(C)(C)C)cc1. The molecule has 2 aromatic heterocycles. The van der Waals surface area contributed by atoms with E-state index in [0.717, 1.165) is 84.0 Å². The Balaban J connectivity index is 0.000000246. The van der Waals surface area contributed by atoms with Crippen LogP contribution >= 0.6 is 39.1 Å². The highest BCUT2D eigenvalue weighted by Gasteiger charge is 2.26. The van der Waals surface area contributed by atoms with Crippen LogP contribution < -0.4 is 9.44 Å². The molecule has 4 aromatic carbocycles. The van der Waals surface area contributed by atoms with Crippen LogP contribution in [-0.4, -0.2) is 60.0 Å². The number of sulfonamides is 2. The molecule has 67 heavy (non-hydrogen) atoms. The van der Waals surface area contributed by atoms with Crippen LogP contribution in [0.3, 0.4) is 0 Å². The van der Waals surface area contributed by atoms with Gasteiger partial charge >= 0.3 is 0 Å². The number of halogens is 3. The van der Waals surface area contributed by atoms with Crippen LogP contribution in [0.5, 0.6) is 0 Å². The minimum absolute atomic E-state index is 0.221. The predicted octanol–water partition coefficient (Wildman–Crippen LogP) is 12.0. The molecule has 6 aromatic rings. The molecule has 0 bridgehead atoms. The summed E-state index contributed by atoms with van der Waals surface area (Å²) in [7, 11) is -7.26. The van der Waals surface area contributed by atoms with E-state index in [9.17, 15) is 26.4 Å². The Kier molecular flexibility index (Phi) is 20.3. The maximum Gasteiger partial charge on any atom is 0.241 e. The highest BCUT2D eigenvalue weighted by atomic mass is 79.9. The Bertz CT molecular complexity index is 2800. The summed E-state index contributed by atoms with van der Waals surface area (Å²) in [6.45, 7) is 15.6. The lowest BCUT2D eigenvalue weighted by molar-refractivity contribution is 0.111. The van der Waals surface area contributed by atoms with Gasteiger partial charge in [0.25, 0.3) is 0 Å². The first-order chi connectivity index (χ1) is 31.6. The standard InChI is InChI=1S/C25H30ClN3O3S.C17H20BrNO2S.C8H11ClN2O/c1-5-6-11-23-27-24(26)21(17-30)29(23)16-18-12-14-19(15-13-18)20-9-7-8-10-22(20)33(31,32)28-25(2,3)4;1-17(2,3)19-22(20,21)16-7-5-4-6-15(16)14-10-8-13(12-18)9-11-14;1-2-3-4-7-10-6(5-12)8(9)11-7/h7-10,12-15,17,28H,5-6,11,16H2,1-4H3;4-11,19H,12H2,1-3H3;5H,2-4H2,1H3,(H,10,11). The van der Waals surface area contributed by atoms with Crippen molar-refractivity contribution >= 4 is 71.8 Å².